The van der Waals surface area contributed by atoms with E-state index in [1.54, 1.807) is 0 Å². The molecule has 1 aromatic rings. The zero-order chi connectivity index (χ0) is 13.6. The average Bonchev–Trinajstić information content (AvgIpc) is 2.86. The molecule has 2 unspecified atom stereocenters. The van der Waals surface area contributed by atoms with E-state index in [1.165, 1.54) is 0 Å². The van der Waals surface area contributed by atoms with Crippen molar-refractivity contribution in [3.8, 4) is 0 Å². The Morgan fingerprint density at radius 1 is 1.21 bits per heavy atom. The summed E-state index contributed by atoms with van der Waals surface area (Å²) in [6, 6.07) is 2.10. The lowest BCUT2D eigenvalue weighted by Gasteiger charge is -2.23. The number of nitrogens with one attached hydrogen (secondary N) is 1. The number of nitrogen functional groups attached to an aromatic ring is 1. The normalized spacial score (nSPS) is 26.8. The Morgan fingerprint density at radius 3 is 2.42 bits per heavy atom. The second-order valence-corrected chi connectivity index (χ2v) is 6.80. The van der Waals surface area contributed by atoms with E-state index in [-0.39, 0.29) is 5.41 Å². The highest BCUT2D eigenvalue weighted by molar-refractivity contribution is 5.46. The SMILES string of the molecule is CC(C)(C)c1cc(N2CC3CNCC3C2)nc(N)n1. The van der Waals surface area contributed by atoms with Crippen molar-refractivity contribution in [2.45, 2.75) is 26.2 Å². The molecule has 3 rings (SSSR count). The summed E-state index contributed by atoms with van der Waals surface area (Å²) in [4.78, 5) is 11.2. The Labute approximate surface area is 114 Å². The standard InChI is InChI=1S/C14H23N5/c1-14(2,3)11-4-12(18-13(15)17-11)19-7-9-5-16-6-10(9)8-19/h4,9-10,16H,5-8H2,1-3H3,(H2,15,17,18). The molecule has 0 saturated carbocycles. The van der Waals surface area contributed by atoms with Crippen LogP contribution in [-0.2, 0) is 5.41 Å². The van der Waals surface area contributed by atoms with Crippen molar-refractivity contribution in [2.75, 3.05) is 36.8 Å². The van der Waals surface area contributed by atoms with E-state index in [0.29, 0.717) is 5.95 Å². The predicted molar refractivity (Wildman–Crippen MR) is 77.2 cm³/mol. The van der Waals surface area contributed by atoms with Crippen LogP contribution in [0.5, 0.6) is 0 Å². The van der Waals surface area contributed by atoms with Crippen LogP contribution in [0.1, 0.15) is 26.5 Å². The Morgan fingerprint density at radius 2 is 1.84 bits per heavy atom. The minimum Gasteiger partial charge on any atom is -0.368 e. The lowest BCUT2D eigenvalue weighted by molar-refractivity contribution is 0.533. The van der Waals surface area contributed by atoms with Gasteiger partial charge in [-0.2, -0.15) is 4.98 Å². The van der Waals surface area contributed by atoms with E-state index in [1.807, 2.05) is 0 Å². The Balaban J connectivity index is 1.87. The van der Waals surface area contributed by atoms with Gasteiger partial charge < -0.3 is 16.0 Å². The molecule has 2 aliphatic rings. The van der Waals surface area contributed by atoms with E-state index in [2.05, 4.69) is 47.0 Å². The number of anilines is 2. The van der Waals surface area contributed by atoms with Gasteiger partial charge in [0.05, 0.1) is 5.69 Å². The van der Waals surface area contributed by atoms with Gasteiger partial charge in [-0.25, -0.2) is 4.98 Å². The van der Waals surface area contributed by atoms with Gasteiger partial charge in [-0.05, 0) is 11.8 Å². The molecule has 0 aromatic carbocycles. The van der Waals surface area contributed by atoms with Crippen LogP contribution >= 0.6 is 0 Å². The van der Waals surface area contributed by atoms with Crippen molar-refractivity contribution in [1.29, 1.82) is 0 Å². The third-order valence-corrected chi connectivity index (χ3v) is 4.21. The van der Waals surface area contributed by atoms with Crippen molar-refractivity contribution >= 4 is 11.8 Å². The Bertz CT molecular complexity index is 467. The molecule has 2 saturated heterocycles. The fourth-order valence-electron chi connectivity index (χ4n) is 3.04. The second kappa shape index (κ2) is 4.34. The first-order valence-corrected chi connectivity index (χ1v) is 7.04. The van der Waals surface area contributed by atoms with Crippen molar-refractivity contribution in [2.24, 2.45) is 11.8 Å². The first-order chi connectivity index (χ1) is 8.93. The maximum atomic E-state index is 5.88. The molecule has 5 nitrogen and oxygen atoms in total. The monoisotopic (exact) mass is 261 g/mol. The van der Waals surface area contributed by atoms with E-state index < -0.39 is 0 Å². The van der Waals surface area contributed by atoms with Crippen LogP contribution < -0.4 is 16.0 Å². The molecule has 0 radical (unpaired) electrons. The number of nitrogens with zero attached hydrogens (tertiary/aromatic N) is 3. The summed E-state index contributed by atoms with van der Waals surface area (Å²) in [5, 5.41) is 3.46. The molecule has 1 aromatic heterocycles. The summed E-state index contributed by atoms with van der Waals surface area (Å²) in [7, 11) is 0. The number of nitrogens with two attached hydrogens (primary N) is 1. The highest BCUT2D eigenvalue weighted by atomic mass is 15.2. The van der Waals surface area contributed by atoms with E-state index >= 15 is 0 Å². The van der Waals surface area contributed by atoms with Crippen LogP contribution in [0.15, 0.2) is 6.07 Å². The molecular formula is C14H23N5. The highest BCUT2D eigenvalue weighted by Crippen LogP contribution is 2.31. The van der Waals surface area contributed by atoms with Gasteiger partial charge in [0.1, 0.15) is 5.82 Å². The second-order valence-electron chi connectivity index (χ2n) is 6.80. The minimum absolute atomic E-state index is 0.00294. The fourth-order valence-corrected chi connectivity index (χ4v) is 3.04. The number of hydrogen-bond donors (Lipinski definition) is 2. The van der Waals surface area contributed by atoms with Gasteiger partial charge in [0.25, 0.3) is 0 Å². The molecular weight excluding hydrogens is 238 g/mol. The van der Waals surface area contributed by atoms with Gasteiger partial charge in [0.2, 0.25) is 5.95 Å². The molecule has 0 spiro atoms. The molecule has 3 heterocycles. The molecule has 0 amide bonds. The molecule has 0 aliphatic carbocycles. The predicted octanol–water partition coefficient (Wildman–Crippen LogP) is 1.01. The van der Waals surface area contributed by atoms with Gasteiger partial charge in [0.15, 0.2) is 0 Å². The van der Waals surface area contributed by atoms with Crippen LogP contribution in [0.3, 0.4) is 0 Å². The summed E-state index contributed by atoms with van der Waals surface area (Å²) in [5.41, 5.74) is 6.90. The van der Waals surface area contributed by atoms with Gasteiger partial charge in [-0.3, -0.25) is 0 Å². The summed E-state index contributed by atoms with van der Waals surface area (Å²) in [6.45, 7) is 10.9. The summed E-state index contributed by atoms with van der Waals surface area (Å²) < 4.78 is 0. The summed E-state index contributed by atoms with van der Waals surface area (Å²) >= 11 is 0. The zero-order valence-electron chi connectivity index (χ0n) is 12.0. The lowest BCUT2D eigenvalue weighted by atomic mass is 9.92. The van der Waals surface area contributed by atoms with Crippen molar-refractivity contribution in [3.63, 3.8) is 0 Å². The smallest absolute Gasteiger partial charge is 0.222 e. The first kappa shape index (κ1) is 12.7. The maximum Gasteiger partial charge on any atom is 0.222 e. The first-order valence-electron chi connectivity index (χ1n) is 7.04. The summed E-state index contributed by atoms with van der Waals surface area (Å²) in [5.74, 6) is 2.90. The average molecular weight is 261 g/mol. The lowest BCUT2D eigenvalue weighted by Crippen LogP contribution is -2.27. The number of rotatable bonds is 1. The molecule has 104 valence electrons. The van der Waals surface area contributed by atoms with Gasteiger partial charge in [-0.15, -0.1) is 0 Å². The van der Waals surface area contributed by atoms with Crippen molar-refractivity contribution in [3.05, 3.63) is 11.8 Å². The molecule has 2 atom stereocenters. The topological polar surface area (TPSA) is 67.1 Å². The third kappa shape index (κ3) is 2.39. The Hall–Kier alpha value is -1.36. The van der Waals surface area contributed by atoms with Gasteiger partial charge in [0, 0.05) is 37.7 Å². The van der Waals surface area contributed by atoms with Gasteiger partial charge >= 0.3 is 0 Å². The van der Waals surface area contributed by atoms with E-state index in [0.717, 1.165) is 49.5 Å². The number of hydrogen-bond acceptors (Lipinski definition) is 5. The van der Waals surface area contributed by atoms with Crippen LogP contribution in [0.4, 0.5) is 11.8 Å². The zero-order valence-corrected chi connectivity index (χ0v) is 12.0. The maximum absolute atomic E-state index is 5.88. The molecule has 2 fully saturated rings. The van der Waals surface area contributed by atoms with Crippen LogP contribution in [-0.4, -0.2) is 36.1 Å². The number of aromatic nitrogens is 2. The highest BCUT2D eigenvalue weighted by Gasteiger charge is 2.37. The molecule has 3 N–H and O–H groups in total. The van der Waals surface area contributed by atoms with E-state index in [4.69, 9.17) is 5.73 Å². The summed E-state index contributed by atoms with van der Waals surface area (Å²) in [6.07, 6.45) is 0. The van der Waals surface area contributed by atoms with Crippen LogP contribution in [0.2, 0.25) is 0 Å². The minimum atomic E-state index is 0.00294. The van der Waals surface area contributed by atoms with E-state index in [9.17, 15) is 0 Å². The molecule has 2 aliphatic heterocycles. The fraction of sp³-hybridized carbons (Fsp3) is 0.714. The molecule has 5 heteroatoms. The molecule has 0 bridgehead atoms. The van der Waals surface area contributed by atoms with Crippen LogP contribution in [0, 0.1) is 11.8 Å². The van der Waals surface area contributed by atoms with Gasteiger partial charge in [-0.1, -0.05) is 20.8 Å². The quantitative estimate of drug-likeness (QED) is 0.790. The molecule has 19 heavy (non-hydrogen) atoms. The third-order valence-electron chi connectivity index (χ3n) is 4.21. The number of fused-ring (bicyclic) bond motifs is 1. The van der Waals surface area contributed by atoms with Crippen LogP contribution in [0.25, 0.3) is 0 Å². The van der Waals surface area contributed by atoms with Crippen molar-refractivity contribution in [1.82, 2.24) is 15.3 Å². The largest absolute Gasteiger partial charge is 0.368 e. The Kier molecular flexibility index (Phi) is 2.89. The van der Waals surface area contributed by atoms with Crippen molar-refractivity contribution < 1.29 is 0 Å².